The highest BCUT2D eigenvalue weighted by molar-refractivity contribution is 7.99. The van der Waals surface area contributed by atoms with E-state index in [2.05, 4.69) is 15.2 Å². The monoisotopic (exact) mass is 472 g/mol. The zero-order chi connectivity index (χ0) is 23.4. The molecule has 0 unspecified atom stereocenters. The Kier molecular flexibility index (Phi) is 4.79. The molecule has 3 aliphatic heterocycles. The van der Waals surface area contributed by atoms with Gasteiger partial charge in [-0.15, -0.1) is 11.8 Å². The summed E-state index contributed by atoms with van der Waals surface area (Å²) in [6.07, 6.45) is 1.57. The van der Waals surface area contributed by atoms with Gasteiger partial charge in [0.2, 0.25) is 5.91 Å². The predicted molar refractivity (Wildman–Crippen MR) is 128 cm³/mol. The Morgan fingerprint density at radius 2 is 1.97 bits per heavy atom. The minimum Gasteiger partial charge on any atom is -0.324 e. The standard InChI is InChI=1S/C25H20N4O4S/c30-23(19-10-3-4-11-26-19)22-21(15-6-5-7-16(12-15)29(32)33)20-13-34-14-28(20)25(22)17-8-1-2-9-18(17)27-24(25)31/h1-12,20-22H,13-14H2,(H,27,31)/t20-,21-,22+,25-/m1/s1. The summed E-state index contributed by atoms with van der Waals surface area (Å²) in [6, 6.07) is 19.0. The number of hydrogen-bond donors (Lipinski definition) is 1. The van der Waals surface area contributed by atoms with Crippen LogP contribution in [0.3, 0.4) is 0 Å². The normalized spacial score (nSPS) is 27.4. The SMILES string of the molecule is O=C(c1ccccn1)[C@@H]1[C@H](c2cccc([N+](=O)[O-])c2)[C@H]2CSCN2[C@@]12C(=O)Nc1ccccc12. The maximum Gasteiger partial charge on any atom is 0.269 e. The van der Waals surface area contributed by atoms with Crippen molar-refractivity contribution in [2.24, 2.45) is 5.92 Å². The Morgan fingerprint density at radius 3 is 2.76 bits per heavy atom. The van der Waals surface area contributed by atoms with Crippen LogP contribution in [0.25, 0.3) is 0 Å². The third kappa shape index (κ3) is 2.80. The maximum absolute atomic E-state index is 14.2. The van der Waals surface area contributed by atoms with Crippen molar-refractivity contribution in [2.45, 2.75) is 17.5 Å². The van der Waals surface area contributed by atoms with E-state index < -0.39 is 22.3 Å². The molecule has 3 aliphatic rings. The number of nitrogens with zero attached hydrogens (tertiary/aromatic N) is 3. The van der Waals surface area contributed by atoms with E-state index in [9.17, 15) is 19.7 Å². The number of nitro groups is 1. The van der Waals surface area contributed by atoms with Crippen molar-refractivity contribution in [1.82, 2.24) is 9.88 Å². The van der Waals surface area contributed by atoms with Crippen LogP contribution in [0, 0.1) is 16.0 Å². The first-order valence-corrected chi connectivity index (χ1v) is 12.1. The van der Waals surface area contributed by atoms with E-state index >= 15 is 0 Å². The highest BCUT2D eigenvalue weighted by Gasteiger charge is 2.69. The van der Waals surface area contributed by atoms with Crippen LogP contribution in [0.1, 0.15) is 27.5 Å². The van der Waals surface area contributed by atoms with E-state index in [1.54, 1.807) is 48.3 Å². The van der Waals surface area contributed by atoms with Gasteiger partial charge in [-0.3, -0.25) is 29.6 Å². The number of thioether (sulfide) groups is 1. The highest BCUT2D eigenvalue weighted by atomic mass is 32.2. The van der Waals surface area contributed by atoms with E-state index in [0.29, 0.717) is 17.1 Å². The lowest BCUT2D eigenvalue weighted by Gasteiger charge is -2.36. The maximum atomic E-state index is 14.2. The van der Waals surface area contributed by atoms with Gasteiger partial charge in [0, 0.05) is 53.2 Å². The Bertz CT molecular complexity index is 1330. The quantitative estimate of drug-likeness (QED) is 0.350. The molecule has 8 nitrogen and oxygen atoms in total. The Labute approximate surface area is 199 Å². The van der Waals surface area contributed by atoms with E-state index in [1.165, 1.54) is 6.07 Å². The zero-order valence-electron chi connectivity index (χ0n) is 18.0. The molecule has 6 rings (SSSR count). The number of nitro benzene ring substituents is 1. The average Bonchev–Trinajstić information content (AvgIpc) is 3.52. The van der Waals surface area contributed by atoms with E-state index in [-0.39, 0.29) is 29.1 Å². The average molecular weight is 473 g/mol. The zero-order valence-corrected chi connectivity index (χ0v) is 18.8. The van der Waals surface area contributed by atoms with Gasteiger partial charge in [-0.2, -0.15) is 0 Å². The molecular weight excluding hydrogens is 452 g/mol. The summed E-state index contributed by atoms with van der Waals surface area (Å²) in [5.41, 5.74) is 1.20. The number of pyridine rings is 1. The molecule has 34 heavy (non-hydrogen) atoms. The smallest absolute Gasteiger partial charge is 0.269 e. The fourth-order valence-corrected chi connectivity index (χ4v) is 7.24. The number of amides is 1. The lowest BCUT2D eigenvalue weighted by atomic mass is 9.70. The topological polar surface area (TPSA) is 105 Å². The van der Waals surface area contributed by atoms with Crippen molar-refractivity contribution < 1.29 is 14.5 Å². The molecule has 1 spiro atoms. The molecule has 0 bridgehead atoms. The molecule has 4 heterocycles. The van der Waals surface area contributed by atoms with Crippen LogP contribution < -0.4 is 5.32 Å². The van der Waals surface area contributed by atoms with Gasteiger partial charge in [0.1, 0.15) is 11.2 Å². The summed E-state index contributed by atoms with van der Waals surface area (Å²) in [6.45, 7) is 0. The first-order chi connectivity index (χ1) is 16.5. The van der Waals surface area contributed by atoms with Crippen LogP contribution in [0.15, 0.2) is 72.9 Å². The van der Waals surface area contributed by atoms with E-state index in [0.717, 1.165) is 11.3 Å². The lowest BCUT2D eigenvalue weighted by molar-refractivity contribution is -0.384. The van der Waals surface area contributed by atoms with Crippen molar-refractivity contribution in [3.8, 4) is 0 Å². The largest absolute Gasteiger partial charge is 0.324 e. The second-order valence-corrected chi connectivity index (χ2v) is 9.74. The molecule has 1 amide bonds. The minimum atomic E-state index is -1.21. The number of Topliss-reactive ketones (excluding diaryl/α,β-unsaturated/α-hetero) is 1. The van der Waals surface area contributed by atoms with Crippen molar-refractivity contribution in [1.29, 1.82) is 0 Å². The third-order valence-electron chi connectivity index (χ3n) is 7.19. The Balaban J connectivity index is 1.62. The molecule has 0 saturated carbocycles. The fraction of sp³-hybridized carbons (Fsp3) is 0.240. The van der Waals surface area contributed by atoms with Crippen molar-refractivity contribution in [3.05, 3.63) is 99.9 Å². The first kappa shape index (κ1) is 21.0. The number of fused-ring (bicyclic) bond motifs is 4. The predicted octanol–water partition coefficient (Wildman–Crippen LogP) is 3.81. The van der Waals surface area contributed by atoms with Crippen LogP contribution in [-0.4, -0.2) is 44.2 Å². The number of nitrogens with one attached hydrogen (secondary N) is 1. The Morgan fingerprint density at radius 1 is 1.15 bits per heavy atom. The molecule has 0 aliphatic carbocycles. The summed E-state index contributed by atoms with van der Waals surface area (Å²) in [5, 5.41) is 14.6. The lowest BCUT2D eigenvalue weighted by Crippen LogP contribution is -2.52. The number of rotatable bonds is 4. The molecular formula is C25H20N4O4S. The van der Waals surface area contributed by atoms with Gasteiger partial charge in [0.25, 0.3) is 5.69 Å². The van der Waals surface area contributed by atoms with Crippen LogP contribution in [0.2, 0.25) is 0 Å². The Hall–Kier alpha value is -3.56. The van der Waals surface area contributed by atoms with Gasteiger partial charge in [0.05, 0.1) is 10.8 Å². The minimum absolute atomic E-state index is 0.0315. The number of ketones is 1. The molecule has 9 heteroatoms. The summed E-state index contributed by atoms with van der Waals surface area (Å²) < 4.78 is 0. The van der Waals surface area contributed by atoms with Gasteiger partial charge in [-0.05, 0) is 23.8 Å². The van der Waals surface area contributed by atoms with Crippen LogP contribution in [-0.2, 0) is 10.3 Å². The van der Waals surface area contributed by atoms with Crippen LogP contribution >= 0.6 is 11.8 Å². The molecule has 2 aromatic carbocycles. The third-order valence-corrected chi connectivity index (χ3v) is 8.23. The van der Waals surface area contributed by atoms with E-state index in [1.807, 2.05) is 30.3 Å². The van der Waals surface area contributed by atoms with Crippen molar-refractivity contribution in [3.63, 3.8) is 0 Å². The summed E-state index contributed by atoms with van der Waals surface area (Å²) in [5.74, 6) is -0.368. The molecule has 2 fully saturated rings. The molecule has 2 saturated heterocycles. The highest BCUT2D eigenvalue weighted by Crippen LogP contribution is 2.61. The van der Waals surface area contributed by atoms with Gasteiger partial charge in [0.15, 0.2) is 5.78 Å². The number of carbonyl (C=O) groups excluding carboxylic acids is 2. The molecule has 4 atom stereocenters. The number of hydrogen-bond acceptors (Lipinski definition) is 7. The molecule has 3 aromatic rings. The summed E-state index contributed by atoms with van der Waals surface area (Å²) in [7, 11) is 0. The molecule has 1 aromatic heterocycles. The van der Waals surface area contributed by atoms with Crippen molar-refractivity contribution >= 4 is 34.8 Å². The van der Waals surface area contributed by atoms with Crippen LogP contribution in [0.4, 0.5) is 11.4 Å². The number of anilines is 1. The van der Waals surface area contributed by atoms with Crippen LogP contribution in [0.5, 0.6) is 0 Å². The van der Waals surface area contributed by atoms with Gasteiger partial charge < -0.3 is 5.32 Å². The van der Waals surface area contributed by atoms with Crippen molar-refractivity contribution in [2.75, 3.05) is 16.9 Å². The van der Waals surface area contributed by atoms with Gasteiger partial charge >= 0.3 is 0 Å². The van der Waals surface area contributed by atoms with Gasteiger partial charge in [-0.25, -0.2) is 0 Å². The number of benzene rings is 2. The van der Waals surface area contributed by atoms with Gasteiger partial charge in [-0.1, -0.05) is 36.4 Å². The summed E-state index contributed by atoms with van der Waals surface area (Å²) in [4.78, 5) is 45.6. The number of non-ortho nitro benzene ring substituents is 1. The molecule has 0 radical (unpaired) electrons. The van der Waals surface area contributed by atoms with E-state index in [4.69, 9.17) is 0 Å². The second-order valence-electron chi connectivity index (χ2n) is 8.74. The number of aromatic nitrogens is 1. The fourth-order valence-electron chi connectivity index (χ4n) is 5.92. The number of para-hydroxylation sites is 1. The summed E-state index contributed by atoms with van der Waals surface area (Å²) >= 11 is 1.71. The second kappa shape index (κ2) is 7.75. The molecule has 1 N–H and O–H groups in total. The molecule has 170 valence electrons. The first-order valence-electron chi connectivity index (χ1n) is 11.0. The number of carbonyl (C=O) groups is 2.